The first-order valence-corrected chi connectivity index (χ1v) is 6.01. The number of methoxy groups -OCH3 is 1. The van der Waals surface area contributed by atoms with Crippen molar-refractivity contribution in [3.63, 3.8) is 0 Å². The molecule has 5 nitrogen and oxygen atoms in total. The van der Waals surface area contributed by atoms with Gasteiger partial charge in [0.25, 0.3) is 5.91 Å². The summed E-state index contributed by atoms with van der Waals surface area (Å²) in [5, 5.41) is 11.3. The molecule has 0 unspecified atom stereocenters. The Bertz CT molecular complexity index is 555. The number of carbonyl (C=O) groups excluding carboxylic acids is 2. The summed E-state index contributed by atoms with van der Waals surface area (Å²) in [6, 6.07) is 7.35. The number of hydrogen-bond donors (Lipinski definition) is 1. The Morgan fingerprint density at radius 3 is 2.45 bits per heavy atom. The second kappa shape index (κ2) is 7.10. The van der Waals surface area contributed by atoms with Crippen molar-refractivity contribution < 1.29 is 14.3 Å². The van der Waals surface area contributed by atoms with Gasteiger partial charge in [-0.25, -0.2) is 4.79 Å². The molecule has 0 fully saturated rings. The molecule has 20 heavy (non-hydrogen) atoms. The number of nitrogens with one attached hydrogen (secondary N) is 1. The van der Waals surface area contributed by atoms with E-state index >= 15 is 0 Å². The fraction of sp³-hybridized carbons (Fsp3) is 0.267. The van der Waals surface area contributed by atoms with Crippen LogP contribution in [0.1, 0.15) is 29.3 Å². The number of nitriles is 1. The molecule has 0 aromatic heterocycles. The van der Waals surface area contributed by atoms with E-state index in [0.717, 1.165) is 5.57 Å². The van der Waals surface area contributed by atoms with Crippen molar-refractivity contribution >= 4 is 11.9 Å². The minimum absolute atomic E-state index is 0.314. The van der Waals surface area contributed by atoms with E-state index < -0.39 is 17.9 Å². The van der Waals surface area contributed by atoms with Gasteiger partial charge in [-0.05, 0) is 37.6 Å². The van der Waals surface area contributed by atoms with Crippen LogP contribution < -0.4 is 5.32 Å². The summed E-state index contributed by atoms with van der Waals surface area (Å²) in [5.74, 6) is -0.916. The van der Waals surface area contributed by atoms with Crippen LogP contribution in [0.2, 0.25) is 0 Å². The monoisotopic (exact) mass is 272 g/mol. The molecule has 0 heterocycles. The molecule has 0 aliphatic heterocycles. The highest BCUT2D eigenvalue weighted by atomic mass is 16.5. The predicted molar refractivity (Wildman–Crippen MR) is 73.9 cm³/mol. The molecule has 1 amide bonds. The van der Waals surface area contributed by atoms with Gasteiger partial charge in [-0.2, -0.15) is 5.26 Å². The Balaban J connectivity index is 2.81. The van der Waals surface area contributed by atoms with E-state index in [2.05, 4.69) is 16.6 Å². The largest absolute Gasteiger partial charge is 0.467 e. The van der Waals surface area contributed by atoms with Crippen LogP contribution in [0.25, 0.3) is 0 Å². The van der Waals surface area contributed by atoms with E-state index in [1.54, 1.807) is 19.1 Å². The lowest BCUT2D eigenvalue weighted by Crippen LogP contribution is -2.41. The Hall–Kier alpha value is -2.61. The highest BCUT2D eigenvalue weighted by Crippen LogP contribution is 2.07. The number of hydrogen-bond acceptors (Lipinski definition) is 4. The fourth-order valence-corrected chi connectivity index (χ4v) is 1.62. The zero-order valence-electron chi connectivity index (χ0n) is 11.5. The molecule has 0 spiro atoms. The average Bonchev–Trinajstić information content (AvgIpc) is 2.45. The lowest BCUT2D eigenvalue weighted by atomic mass is 10.1. The van der Waals surface area contributed by atoms with Crippen LogP contribution in [0.15, 0.2) is 36.4 Å². The van der Waals surface area contributed by atoms with Crippen LogP contribution in [0.5, 0.6) is 0 Å². The molecular formula is C15H16N2O3. The van der Waals surface area contributed by atoms with Crippen molar-refractivity contribution in [2.75, 3.05) is 7.11 Å². The molecule has 104 valence electrons. The quantitative estimate of drug-likeness (QED) is 0.654. The van der Waals surface area contributed by atoms with Crippen molar-refractivity contribution in [1.29, 1.82) is 5.26 Å². The minimum atomic E-state index is -0.763. The van der Waals surface area contributed by atoms with E-state index in [0.29, 0.717) is 17.5 Å². The molecule has 0 saturated carbocycles. The van der Waals surface area contributed by atoms with Gasteiger partial charge < -0.3 is 10.1 Å². The highest BCUT2D eigenvalue weighted by molar-refractivity contribution is 5.96. The summed E-state index contributed by atoms with van der Waals surface area (Å²) in [5.41, 5.74) is 1.60. The fourth-order valence-electron chi connectivity index (χ4n) is 1.62. The average molecular weight is 272 g/mol. The second-order valence-electron chi connectivity index (χ2n) is 4.40. The summed E-state index contributed by atoms with van der Waals surface area (Å²) in [4.78, 5) is 23.6. The zero-order valence-corrected chi connectivity index (χ0v) is 11.5. The van der Waals surface area contributed by atoms with Crippen molar-refractivity contribution in [3.8, 4) is 6.07 Å². The third kappa shape index (κ3) is 4.25. The van der Waals surface area contributed by atoms with Crippen LogP contribution >= 0.6 is 0 Å². The molecular weight excluding hydrogens is 256 g/mol. The summed E-state index contributed by atoms with van der Waals surface area (Å²) < 4.78 is 4.65. The smallest absolute Gasteiger partial charge is 0.328 e. The maximum absolute atomic E-state index is 12.0. The molecule has 0 saturated heterocycles. The molecule has 1 atom stereocenters. The Labute approximate surface area is 117 Å². The van der Waals surface area contributed by atoms with Crippen LogP contribution in [0.3, 0.4) is 0 Å². The predicted octanol–water partition coefficient (Wildman–Crippen LogP) is 1.80. The number of ether oxygens (including phenoxy) is 1. The zero-order chi connectivity index (χ0) is 15.1. The Morgan fingerprint density at radius 2 is 2.00 bits per heavy atom. The van der Waals surface area contributed by atoms with Crippen molar-refractivity contribution in [1.82, 2.24) is 5.32 Å². The summed E-state index contributed by atoms with van der Waals surface area (Å²) in [6.07, 6.45) is 0.314. The van der Waals surface area contributed by atoms with E-state index in [9.17, 15) is 9.59 Å². The maximum atomic E-state index is 12.0. The van der Waals surface area contributed by atoms with Gasteiger partial charge in [0.2, 0.25) is 0 Å². The van der Waals surface area contributed by atoms with Crippen molar-refractivity contribution in [3.05, 3.63) is 47.5 Å². The molecule has 0 bridgehead atoms. The van der Waals surface area contributed by atoms with Gasteiger partial charge in [-0.15, -0.1) is 6.58 Å². The van der Waals surface area contributed by atoms with Gasteiger partial charge >= 0.3 is 5.97 Å². The molecule has 1 aromatic rings. The minimum Gasteiger partial charge on any atom is -0.467 e. The number of benzene rings is 1. The Kier molecular flexibility index (Phi) is 5.48. The topological polar surface area (TPSA) is 79.2 Å². The lowest BCUT2D eigenvalue weighted by molar-refractivity contribution is -0.142. The first-order valence-electron chi connectivity index (χ1n) is 6.01. The molecule has 5 heteroatoms. The van der Waals surface area contributed by atoms with Crippen molar-refractivity contribution in [2.24, 2.45) is 0 Å². The summed E-state index contributed by atoms with van der Waals surface area (Å²) in [7, 11) is 1.27. The molecule has 0 aliphatic rings. The van der Waals surface area contributed by atoms with Crippen LogP contribution in [0, 0.1) is 11.3 Å². The van der Waals surface area contributed by atoms with Gasteiger partial charge in [-0.1, -0.05) is 5.57 Å². The molecule has 0 aliphatic carbocycles. The third-order valence-corrected chi connectivity index (χ3v) is 2.62. The van der Waals surface area contributed by atoms with Gasteiger partial charge in [0.1, 0.15) is 6.04 Å². The third-order valence-electron chi connectivity index (χ3n) is 2.62. The van der Waals surface area contributed by atoms with Crippen LogP contribution in [-0.2, 0) is 9.53 Å². The highest BCUT2D eigenvalue weighted by Gasteiger charge is 2.22. The first-order chi connectivity index (χ1) is 9.47. The van der Waals surface area contributed by atoms with E-state index in [4.69, 9.17) is 5.26 Å². The number of rotatable bonds is 5. The van der Waals surface area contributed by atoms with Gasteiger partial charge in [0.15, 0.2) is 0 Å². The number of nitrogens with zero attached hydrogens (tertiary/aromatic N) is 1. The van der Waals surface area contributed by atoms with Crippen LogP contribution in [0.4, 0.5) is 0 Å². The molecule has 1 rings (SSSR count). The van der Waals surface area contributed by atoms with Crippen LogP contribution in [-0.4, -0.2) is 25.0 Å². The normalized spacial score (nSPS) is 11.1. The SMILES string of the molecule is C=C(C)C[C@H](NC(=O)c1ccc(C#N)cc1)C(=O)OC. The lowest BCUT2D eigenvalue weighted by Gasteiger charge is -2.16. The van der Waals surface area contributed by atoms with Gasteiger partial charge in [0, 0.05) is 5.56 Å². The number of esters is 1. The van der Waals surface area contributed by atoms with E-state index in [-0.39, 0.29) is 0 Å². The maximum Gasteiger partial charge on any atom is 0.328 e. The molecule has 1 N–H and O–H groups in total. The molecule has 0 radical (unpaired) electrons. The number of carbonyl (C=O) groups is 2. The van der Waals surface area contributed by atoms with E-state index in [1.165, 1.54) is 19.2 Å². The summed E-state index contributed by atoms with van der Waals surface area (Å²) in [6.45, 7) is 5.49. The number of amides is 1. The second-order valence-corrected chi connectivity index (χ2v) is 4.40. The van der Waals surface area contributed by atoms with Crippen molar-refractivity contribution in [2.45, 2.75) is 19.4 Å². The molecule has 1 aromatic carbocycles. The van der Waals surface area contributed by atoms with Gasteiger partial charge in [0.05, 0.1) is 18.7 Å². The van der Waals surface area contributed by atoms with E-state index in [1.807, 2.05) is 6.07 Å². The Morgan fingerprint density at radius 1 is 1.40 bits per heavy atom. The first kappa shape index (κ1) is 15.4. The standard InChI is InChI=1S/C15H16N2O3/c1-10(2)8-13(15(19)20-3)17-14(18)12-6-4-11(9-16)5-7-12/h4-7,13H,1,8H2,2-3H3,(H,17,18)/t13-/m0/s1. The van der Waals surface area contributed by atoms with Gasteiger partial charge in [-0.3, -0.25) is 4.79 Å². The summed E-state index contributed by atoms with van der Waals surface area (Å²) >= 11 is 0.